The minimum absolute atomic E-state index is 0.0417. The number of carbonyl (C=O) groups excluding carboxylic acids is 1. The van der Waals surface area contributed by atoms with E-state index in [0.29, 0.717) is 18.9 Å². The molecule has 7 heteroatoms. The van der Waals surface area contributed by atoms with Crippen LogP contribution in [0.25, 0.3) is 0 Å². The Hall–Kier alpha value is -1.73. The first-order valence-electron chi connectivity index (χ1n) is 8.95. The van der Waals surface area contributed by atoms with Gasteiger partial charge in [0, 0.05) is 55.8 Å². The summed E-state index contributed by atoms with van der Waals surface area (Å²) in [4.78, 5) is 21.7. The van der Waals surface area contributed by atoms with E-state index in [-0.39, 0.29) is 5.54 Å². The van der Waals surface area contributed by atoms with Crippen LogP contribution in [0.4, 0.5) is 0 Å². The molecule has 2 aromatic heterocycles. The first kappa shape index (κ1) is 16.7. The van der Waals surface area contributed by atoms with Crippen molar-refractivity contribution >= 4 is 17.2 Å². The molecule has 134 valence electrons. The van der Waals surface area contributed by atoms with Crippen molar-refractivity contribution in [2.75, 3.05) is 13.1 Å². The van der Waals surface area contributed by atoms with Gasteiger partial charge in [-0.25, -0.2) is 4.98 Å². The van der Waals surface area contributed by atoms with Gasteiger partial charge in [0.1, 0.15) is 0 Å². The van der Waals surface area contributed by atoms with E-state index in [0.717, 1.165) is 49.6 Å². The number of likely N-dealkylation sites (tertiary alicyclic amines) is 2. The summed E-state index contributed by atoms with van der Waals surface area (Å²) >= 11 is 1.66. The van der Waals surface area contributed by atoms with E-state index in [1.807, 2.05) is 24.9 Å². The first-order chi connectivity index (χ1) is 12.0. The highest BCUT2D eigenvalue weighted by Crippen LogP contribution is 2.40. The number of hydrogen-bond acceptors (Lipinski definition) is 5. The molecule has 2 fully saturated rings. The Morgan fingerprint density at radius 3 is 2.68 bits per heavy atom. The lowest BCUT2D eigenvalue weighted by Gasteiger charge is -2.44. The third-order valence-corrected chi connectivity index (χ3v) is 6.44. The molecule has 0 aliphatic carbocycles. The van der Waals surface area contributed by atoms with Crippen LogP contribution in [0.3, 0.4) is 0 Å². The van der Waals surface area contributed by atoms with Crippen molar-refractivity contribution in [1.29, 1.82) is 0 Å². The Kier molecular flexibility index (Phi) is 4.37. The lowest BCUT2D eigenvalue weighted by molar-refractivity contribution is -0.133. The van der Waals surface area contributed by atoms with Crippen LogP contribution in [0.2, 0.25) is 0 Å². The number of carbonyl (C=O) groups is 1. The Labute approximate surface area is 152 Å². The van der Waals surface area contributed by atoms with Crippen LogP contribution in [0.5, 0.6) is 0 Å². The molecule has 0 unspecified atom stereocenters. The zero-order valence-electron chi connectivity index (χ0n) is 14.9. The maximum Gasteiger partial charge on any atom is 0.223 e. The first-order valence-corrected chi connectivity index (χ1v) is 9.83. The molecule has 4 rings (SSSR count). The average molecular weight is 359 g/mol. The van der Waals surface area contributed by atoms with Gasteiger partial charge in [0.25, 0.3) is 0 Å². The topological polar surface area (TPSA) is 54.3 Å². The van der Waals surface area contributed by atoms with Crippen molar-refractivity contribution in [1.82, 2.24) is 24.6 Å². The van der Waals surface area contributed by atoms with E-state index >= 15 is 0 Å². The summed E-state index contributed by atoms with van der Waals surface area (Å²) in [5.74, 6) is 0.298. The van der Waals surface area contributed by atoms with E-state index in [9.17, 15) is 4.79 Å². The van der Waals surface area contributed by atoms with Crippen molar-refractivity contribution in [3.05, 3.63) is 34.0 Å². The van der Waals surface area contributed by atoms with Crippen molar-refractivity contribution in [3.63, 3.8) is 0 Å². The summed E-state index contributed by atoms with van der Waals surface area (Å²) in [6.07, 6.45) is 7.83. The van der Waals surface area contributed by atoms with E-state index in [1.54, 1.807) is 11.3 Å². The second-order valence-electron chi connectivity index (χ2n) is 7.36. The summed E-state index contributed by atoms with van der Waals surface area (Å²) in [6, 6.07) is 0. The summed E-state index contributed by atoms with van der Waals surface area (Å²) in [5.41, 5.74) is 2.34. The van der Waals surface area contributed by atoms with E-state index in [1.165, 1.54) is 5.56 Å². The number of amides is 1. The molecule has 25 heavy (non-hydrogen) atoms. The van der Waals surface area contributed by atoms with Crippen molar-refractivity contribution in [3.8, 4) is 0 Å². The molecule has 2 saturated heterocycles. The Bertz CT molecular complexity index is 759. The maximum absolute atomic E-state index is 12.5. The third kappa shape index (κ3) is 3.35. The van der Waals surface area contributed by atoms with Gasteiger partial charge in [-0.05, 0) is 26.2 Å². The summed E-state index contributed by atoms with van der Waals surface area (Å²) < 4.78 is 1.86. The van der Waals surface area contributed by atoms with Gasteiger partial charge >= 0.3 is 0 Å². The highest BCUT2D eigenvalue weighted by atomic mass is 32.1. The van der Waals surface area contributed by atoms with Gasteiger partial charge in [-0.1, -0.05) is 0 Å². The van der Waals surface area contributed by atoms with Gasteiger partial charge in [-0.3, -0.25) is 14.4 Å². The number of rotatable bonds is 4. The molecule has 2 aliphatic rings. The lowest BCUT2D eigenvalue weighted by Crippen LogP contribution is -2.52. The Morgan fingerprint density at radius 1 is 1.24 bits per heavy atom. The van der Waals surface area contributed by atoms with Gasteiger partial charge in [0.05, 0.1) is 23.4 Å². The fourth-order valence-electron chi connectivity index (χ4n) is 4.23. The highest BCUT2D eigenvalue weighted by molar-refractivity contribution is 7.09. The number of hydrogen-bond donors (Lipinski definition) is 0. The Balaban J connectivity index is 1.42. The number of aryl methyl sites for hydroxylation is 2. The summed E-state index contributed by atoms with van der Waals surface area (Å²) in [7, 11) is 1.96. The SMILES string of the molecule is Cc1nc(CN2C(=O)CCC23CCN(Cc2cnn(C)c2)CC3)cs1. The van der Waals surface area contributed by atoms with Crippen LogP contribution >= 0.6 is 11.3 Å². The molecule has 0 bridgehead atoms. The molecule has 0 saturated carbocycles. The average Bonchev–Trinajstić information content (AvgIpc) is 3.27. The van der Waals surface area contributed by atoms with Gasteiger partial charge in [0.15, 0.2) is 0 Å². The normalized spacial score (nSPS) is 20.7. The van der Waals surface area contributed by atoms with Crippen LogP contribution in [0.1, 0.15) is 41.9 Å². The zero-order chi connectivity index (χ0) is 17.4. The number of nitrogens with zero attached hydrogens (tertiary/aromatic N) is 5. The zero-order valence-corrected chi connectivity index (χ0v) is 15.8. The minimum atomic E-state index is 0.0417. The van der Waals surface area contributed by atoms with E-state index in [4.69, 9.17) is 0 Å². The fourth-order valence-corrected chi connectivity index (χ4v) is 4.84. The largest absolute Gasteiger partial charge is 0.331 e. The predicted molar refractivity (Wildman–Crippen MR) is 97.1 cm³/mol. The molecule has 4 heterocycles. The van der Waals surface area contributed by atoms with Gasteiger partial charge in [-0.15, -0.1) is 11.3 Å². The molecule has 0 N–H and O–H groups in total. The Morgan fingerprint density at radius 2 is 2.04 bits per heavy atom. The number of aromatic nitrogens is 3. The molecule has 0 aromatic carbocycles. The molecule has 2 aliphatic heterocycles. The number of piperidine rings is 1. The molecular weight excluding hydrogens is 334 g/mol. The van der Waals surface area contributed by atoms with E-state index < -0.39 is 0 Å². The van der Waals surface area contributed by atoms with E-state index in [2.05, 4.69) is 31.5 Å². The van der Waals surface area contributed by atoms with Crippen LogP contribution in [-0.2, 0) is 24.9 Å². The predicted octanol–water partition coefficient (Wildman–Crippen LogP) is 2.34. The van der Waals surface area contributed by atoms with Gasteiger partial charge in [0.2, 0.25) is 5.91 Å². The molecule has 0 radical (unpaired) electrons. The quantitative estimate of drug-likeness (QED) is 0.841. The van der Waals surface area contributed by atoms with Crippen molar-refractivity contribution in [2.24, 2.45) is 7.05 Å². The van der Waals surface area contributed by atoms with Crippen LogP contribution in [-0.4, -0.2) is 49.1 Å². The second-order valence-corrected chi connectivity index (χ2v) is 8.42. The van der Waals surface area contributed by atoms with Crippen LogP contribution in [0, 0.1) is 6.92 Å². The summed E-state index contributed by atoms with van der Waals surface area (Å²) in [6.45, 7) is 5.71. The molecule has 1 spiro atoms. The van der Waals surface area contributed by atoms with Crippen molar-refractivity contribution < 1.29 is 4.79 Å². The van der Waals surface area contributed by atoms with Crippen molar-refractivity contribution in [2.45, 2.75) is 51.2 Å². The maximum atomic E-state index is 12.5. The standard InChI is InChI=1S/C18H25N5OS/c1-14-20-16(13-25-14)12-23-17(24)3-4-18(23)5-7-22(8-6-18)11-15-9-19-21(2)10-15/h9-10,13H,3-8,11-12H2,1-2H3. The van der Waals surface area contributed by atoms with Crippen LogP contribution in [0.15, 0.2) is 17.8 Å². The monoisotopic (exact) mass is 359 g/mol. The van der Waals surface area contributed by atoms with Gasteiger partial charge in [-0.2, -0.15) is 5.10 Å². The smallest absolute Gasteiger partial charge is 0.223 e. The molecule has 0 atom stereocenters. The second kappa shape index (κ2) is 6.53. The highest BCUT2D eigenvalue weighted by Gasteiger charge is 2.46. The van der Waals surface area contributed by atoms with Gasteiger partial charge < -0.3 is 4.90 Å². The summed E-state index contributed by atoms with van der Waals surface area (Å²) in [5, 5.41) is 7.42. The molecule has 1 amide bonds. The third-order valence-electron chi connectivity index (χ3n) is 5.62. The number of thiazole rings is 1. The molecule has 2 aromatic rings. The lowest BCUT2D eigenvalue weighted by atomic mass is 9.84. The molecule has 6 nitrogen and oxygen atoms in total. The van der Waals surface area contributed by atoms with Crippen LogP contribution < -0.4 is 0 Å². The minimum Gasteiger partial charge on any atom is -0.331 e. The fraction of sp³-hybridized carbons (Fsp3) is 0.611. The molecular formula is C18H25N5OS.